The molecule has 0 unspecified atom stereocenters. The van der Waals surface area contributed by atoms with Crippen LogP contribution >= 0.6 is 0 Å². The summed E-state index contributed by atoms with van der Waals surface area (Å²) < 4.78 is 9.82. The first-order chi connectivity index (χ1) is 13.0. The van der Waals surface area contributed by atoms with E-state index < -0.39 is 23.4 Å². The first-order valence-electron chi connectivity index (χ1n) is 8.31. The van der Waals surface area contributed by atoms with E-state index in [1.54, 1.807) is 0 Å². The van der Waals surface area contributed by atoms with Crippen LogP contribution in [0.1, 0.15) is 22.3 Å². The largest absolute Gasteiger partial charge is 0.477 e. The third-order valence-electron chi connectivity index (χ3n) is 3.74. The lowest BCUT2D eigenvalue weighted by atomic mass is 10.1. The van der Waals surface area contributed by atoms with E-state index in [0.29, 0.717) is 6.54 Å². The molecular formula is C19H20N2O6. The van der Waals surface area contributed by atoms with Crippen molar-refractivity contribution in [3.05, 3.63) is 69.8 Å². The number of esters is 1. The highest BCUT2D eigenvalue weighted by Gasteiger charge is 2.19. The van der Waals surface area contributed by atoms with E-state index in [2.05, 4.69) is 10.1 Å². The van der Waals surface area contributed by atoms with Crippen LogP contribution in [0.3, 0.4) is 0 Å². The third-order valence-corrected chi connectivity index (χ3v) is 3.74. The Labute approximate surface area is 156 Å². The summed E-state index contributed by atoms with van der Waals surface area (Å²) in [5, 5.41) is 13.8. The minimum atomic E-state index is -0.653. The van der Waals surface area contributed by atoms with Crippen molar-refractivity contribution in [1.29, 1.82) is 0 Å². The van der Waals surface area contributed by atoms with E-state index in [1.807, 2.05) is 30.3 Å². The molecule has 8 nitrogen and oxygen atoms in total. The molecule has 0 aromatic heterocycles. The highest BCUT2D eigenvalue weighted by Crippen LogP contribution is 2.28. The number of nitrogens with zero attached hydrogens (tertiary/aromatic N) is 1. The lowest BCUT2D eigenvalue weighted by Gasteiger charge is -2.09. The van der Waals surface area contributed by atoms with E-state index in [0.717, 1.165) is 18.9 Å². The Kier molecular flexibility index (Phi) is 7.30. The molecule has 0 saturated carbocycles. The van der Waals surface area contributed by atoms with Crippen LogP contribution in [0, 0.1) is 10.1 Å². The zero-order valence-corrected chi connectivity index (χ0v) is 14.8. The highest BCUT2D eigenvalue weighted by molar-refractivity contribution is 5.90. The maximum Gasteiger partial charge on any atom is 0.337 e. The number of aryl methyl sites for hydroxylation is 1. The Morgan fingerprint density at radius 3 is 2.56 bits per heavy atom. The van der Waals surface area contributed by atoms with Crippen molar-refractivity contribution in [1.82, 2.24) is 5.32 Å². The molecule has 27 heavy (non-hydrogen) atoms. The van der Waals surface area contributed by atoms with Gasteiger partial charge in [0, 0.05) is 18.7 Å². The second kappa shape index (κ2) is 9.91. The van der Waals surface area contributed by atoms with Crippen LogP contribution in [-0.2, 0) is 16.0 Å². The van der Waals surface area contributed by atoms with Gasteiger partial charge in [-0.05, 0) is 24.5 Å². The summed E-state index contributed by atoms with van der Waals surface area (Å²) in [6.07, 6.45) is 1.59. The topological polar surface area (TPSA) is 108 Å². The number of benzene rings is 2. The predicted molar refractivity (Wildman–Crippen MR) is 97.7 cm³/mol. The van der Waals surface area contributed by atoms with E-state index >= 15 is 0 Å². The number of nitro benzene ring substituents is 1. The van der Waals surface area contributed by atoms with E-state index in [9.17, 15) is 19.7 Å². The molecule has 1 N–H and O–H groups in total. The molecule has 1 amide bonds. The molecule has 0 saturated heterocycles. The third kappa shape index (κ3) is 6.10. The fourth-order valence-corrected chi connectivity index (χ4v) is 2.38. The fourth-order valence-electron chi connectivity index (χ4n) is 2.38. The molecule has 0 atom stereocenters. The van der Waals surface area contributed by atoms with Crippen LogP contribution in [0.25, 0.3) is 0 Å². The fraction of sp³-hybridized carbons (Fsp3) is 0.263. The molecule has 0 fully saturated rings. The predicted octanol–water partition coefficient (Wildman–Crippen LogP) is 2.51. The molecule has 8 heteroatoms. The molecule has 142 valence electrons. The van der Waals surface area contributed by atoms with Gasteiger partial charge in [-0.1, -0.05) is 30.3 Å². The summed E-state index contributed by atoms with van der Waals surface area (Å²) in [5.74, 6) is -1.22. The van der Waals surface area contributed by atoms with Crippen molar-refractivity contribution >= 4 is 17.6 Å². The molecule has 0 spiro atoms. The summed E-state index contributed by atoms with van der Waals surface area (Å²) in [4.78, 5) is 33.9. The van der Waals surface area contributed by atoms with E-state index in [4.69, 9.17) is 4.74 Å². The molecule has 2 aromatic carbocycles. The number of nitrogens with one attached hydrogen (secondary N) is 1. The summed E-state index contributed by atoms with van der Waals surface area (Å²) in [6.45, 7) is 0.0676. The average Bonchev–Trinajstić information content (AvgIpc) is 2.69. The summed E-state index contributed by atoms with van der Waals surface area (Å²) in [7, 11) is 1.20. The highest BCUT2D eigenvalue weighted by atomic mass is 16.6. The van der Waals surface area contributed by atoms with Gasteiger partial charge in [-0.2, -0.15) is 0 Å². The van der Waals surface area contributed by atoms with Gasteiger partial charge in [0.25, 0.3) is 5.91 Å². The second-order valence-electron chi connectivity index (χ2n) is 5.66. The average molecular weight is 372 g/mol. The van der Waals surface area contributed by atoms with Gasteiger partial charge in [0.15, 0.2) is 12.4 Å². The van der Waals surface area contributed by atoms with Gasteiger partial charge in [-0.25, -0.2) is 4.79 Å². The number of carbonyl (C=O) groups excluding carboxylic acids is 2. The summed E-state index contributed by atoms with van der Waals surface area (Å²) in [6, 6.07) is 13.5. The Bertz CT molecular complexity index is 807. The van der Waals surface area contributed by atoms with Crippen molar-refractivity contribution in [3.8, 4) is 5.75 Å². The number of rotatable bonds is 9. The lowest BCUT2D eigenvalue weighted by molar-refractivity contribution is -0.385. The van der Waals surface area contributed by atoms with Crippen LogP contribution in [0.5, 0.6) is 5.75 Å². The molecule has 0 aliphatic carbocycles. The monoisotopic (exact) mass is 372 g/mol. The molecule has 2 rings (SSSR count). The Balaban J connectivity index is 1.86. The van der Waals surface area contributed by atoms with Gasteiger partial charge in [-0.15, -0.1) is 0 Å². The lowest BCUT2D eigenvalue weighted by Crippen LogP contribution is -2.30. The quantitative estimate of drug-likeness (QED) is 0.314. The maximum absolute atomic E-state index is 11.9. The first-order valence-corrected chi connectivity index (χ1v) is 8.31. The van der Waals surface area contributed by atoms with Crippen molar-refractivity contribution in [2.75, 3.05) is 20.3 Å². The zero-order valence-electron chi connectivity index (χ0n) is 14.8. The number of amides is 1. The van der Waals surface area contributed by atoms with E-state index in [-0.39, 0.29) is 17.0 Å². The van der Waals surface area contributed by atoms with Crippen molar-refractivity contribution in [3.63, 3.8) is 0 Å². The number of nitro groups is 1. The van der Waals surface area contributed by atoms with Crippen molar-refractivity contribution in [2.24, 2.45) is 0 Å². The van der Waals surface area contributed by atoms with Gasteiger partial charge in [-0.3, -0.25) is 14.9 Å². The Morgan fingerprint density at radius 2 is 1.89 bits per heavy atom. The van der Waals surface area contributed by atoms with Gasteiger partial charge in [0.05, 0.1) is 17.6 Å². The molecule has 0 radical (unpaired) electrons. The van der Waals surface area contributed by atoms with Crippen LogP contribution in [0.15, 0.2) is 48.5 Å². The van der Waals surface area contributed by atoms with Crippen LogP contribution in [0.4, 0.5) is 5.69 Å². The molecule has 0 aliphatic rings. The first kappa shape index (κ1) is 19.9. The number of carbonyl (C=O) groups is 2. The van der Waals surface area contributed by atoms with Crippen LogP contribution < -0.4 is 10.1 Å². The minimum absolute atomic E-state index is 0.0985. The molecule has 2 aromatic rings. The SMILES string of the molecule is COC(=O)c1ccc([N+](=O)[O-])c(OCC(=O)NCCCc2ccccc2)c1. The van der Waals surface area contributed by atoms with Gasteiger partial charge in [0.2, 0.25) is 0 Å². The second-order valence-corrected chi connectivity index (χ2v) is 5.66. The van der Waals surface area contributed by atoms with Crippen molar-refractivity contribution < 1.29 is 24.0 Å². The number of hydrogen-bond acceptors (Lipinski definition) is 6. The van der Waals surface area contributed by atoms with Gasteiger partial charge >= 0.3 is 11.7 Å². The minimum Gasteiger partial charge on any atom is -0.477 e. The Morgan fingerprint density at radius 1 is 1.15 bits per heavy atom. The maximum atomic E-state index is 11.9. The van der Waals surface area contributed by atoms with Crippen LogP contribution in [0.2, 0.25) is 0 Å². The molecule has 0 bridgehead atoms. The molecule has 0 aliphatic heterocycles. The number of methoxy groups -OCH3 is 1. The smallest absolute Gasteiger partial charge is 0.337 e. The summed E-state index contributed by atoms with van der Waals surface area (Å²) in [5.41, 5.74) is 0.944. The van der Waals surface area contributed by atoms with Gasteiger partial charge < -0.3 is 14.8 Å². The standard InChI is InChI=1S/C19H20N2O6/c1-26-19(23)15-9-10-16(21(24)25)17(12-15)27-13-18(22)20-11-5-8-14-6-3-2-4-7-14/h2-4,6-7,9-10,12H,5,8,11,13H2,1H3,(H,20,22). The van der Waals surface area contributed by atoms with E-state index in [1.165, 1.54) is 24.8 Å². The molecular weight excluding hydrogens is 352 g/mol. The van der Waals surface area contributed by atoms with Crippen molar-refractivity contribution in [2.45, 2.75) is 12.8 Å². The normalized spacial score (nSPS) is 10.1. The van der Waals surface area contributed by atoms with Gasteiger partial charge in [0.1, 0.15) is 0 Å². The number of ether oxygens (including phenoxy) is 2. The zero-order chi connectivity index (χ0) is 19.6. The Hall–Kier alpha value is -3.42. The summed E-state index contributed by atoms with van der Waals surface area (Å²) >= 11 is 0. The number of hydrogen-bond donors (Lipinski definition) is 1. The molecule has 0 heterocycles. The van der Waals surface area contributed by atoms with Crippen LogP contribution in [-0.4, -0.2) is 37.1 Å².